The van der Waals surface area contributed by atoms with Gasteiger partial charge in [0, 0.05) is 45.0 Å². The van der Waals surface area contributed by atoms with Gasteiger partial charge in [-0.3, -0.25) is 9.59 Å². The lowest BCUT2D eigenvalue weighted by molar-refractivity contribution is -0.134. The highest BCUT2D eigenvalue weighted by Gasteiger charge is 2.27. The Labute approximate surface area is 135 Å². The molecule has 2 fully saturated rings. The molecule has 0 aliphatic carbocycles. The van der Waals surface area contributed by atoms with Gasteiger partial charge in [-0.05, 0) is 31.6 Å². The molecule has 1 aromatic heterocycles. The number of nitrogens with zero attached hydrogens (tertiary/aromatic N) is 4. The first kappa shape index (κ1) is 15.7. The van der Waals surface area contributed by atoms with Crippen molar-refractivity contribution >= 4 is 17.6 Å². The molecule has 2 amide bonds. The predicted molar refractivity (Wildman–Crippen MR) is 85.9 cm³/mol. The molecule has 0 bridgehead atoms. The highest BCUT2D eigenvalue weighted by molar-refractivity contribution is 5.95. The zero-order valence-electron chi connectivity index (χ0n) is 13.3. The van der Waals surface area contributed by atoms with Gasteiger partial charge >= 0.3 is 0 Å². The molecule has 1 aromatic rings. The second kappa shape index (κ2) is 6.93. The van der Waals surface area contributed by atoms with Crippen LogP contribution in [0.1, 0.15) is 42.6 Å². The first-order valence-corrected chi connectivity index (χ1v) is 8.28. The fourth-order valence-corrected chi connectivity index (χ4v) is 3.43. The van der Waals surface area contributed by atoms with Gasteiger partial charge in [-0.1, -0.05) is 0 Å². The van der Waals surface area contributed by atoms with E-state index < -0.39 is 5.91 Å². The van der Waals surface area contributed by atoms with Crippen molar-refractivity contribution in [3.8, 4) is 0 Å². The van der Waals surface area contributed by atoms with E-state index in [9.17, 15) is 9.59 Å². The van der Waals surface area contributed by atoms with Crippen LogP contribution in [0.4, 0.5) is 5.82 Å². The summed E-state index contributed by atoms with van der Waals surface area (Å²) in [6, 6.07) is 0. The number of rotatable bonds is 4. The van der Waals surface area contributed by atoms with Crippen molar-refractivity contribution in [2.45, 2.75) is 32.1 Å². The van der Waals surface area contributed by atoms with Gasteiger partial charge in [0.2, 0.25) is 5.91 Å². The summed E-state index contributed by atoms with van der Waals surface area (Å²) in [5.41, 5.74) is 5.61. The van der Waals surface area contributed by atoms with E-state index in [1.165, 1.54) is 6.20 Å². The van der Waals surface area contributed by atoms with Crippen LogP contribution >= 0.6 is 0 Å². The van der Waals surface area contributed by atoms with Crippen LogP contribution in [0.25, 0.3) is 0 Å². The molecule has 0 saturated carbocycles. The molecule has 0 spiro atoms. The highest BCUT2D eigenvalue weighted by atomic mass is 16.2. The fraction of sp³-hybridized carbons (Fsp3) is 0.625. The van der Waals surface area contributed by atoms with Crippen LogP contribution < -0.4 is 10.6 Å². The number of piperidine rings is 2. The average molecular weight is 317 g/mol. The predicted octanol–water partition coefficient (Wildman–Crippen LogP) is 0.804. The Morgan fingerprint density at radius 3 is 2.61 bits per heavy atom. The minimum absolute atomic E-state index is 0.233. The van der Waals surface area contributed by atoms with Gasteiger partial charge in [0.25, 0.3) is 5.91 Å². The van der Waals surface area contributed by atoms with E-state index in [2.05, 4.69) is 14.9 Å². The zero-order chi connectivity index (χ0) is 16.2. The first-order chi connectivity index (χ1) is 11.1. The van der Waals surface area contributed by atoms with E-state index in [4.69, 9.17) is 5.73 Å². The third kappa shape index (κ3) is 3.60. The summed E-state index contributed by atoms with van der Waals surface area (Å²) in [5, 5.41) is 0. The molecule has 124 valence electrons. The van der Waals surface area contributed by atoms with Gasteiger partial charge in [0.05, 0.1) is 0 Å². The van der Waals surface area contributed by atoms with E-state index in [0.717, 1.165) is 51.9 Å². The first-order valence-electron chi connectivity index (χ1n) is 8.28. The molecule has 3 rings (SSSR count). The quantitative estimate of drug-likeness (QED) is 0.887. The summed E-state index contributed by atoms with van der Waals surface area (Å²) in [5.74, 6) is 0.840. The number of amides is 2. The molecule has 23 heavy (non-hydrogen) atoms. The van der Waals surface area contributed by atoms with Gasteiger partial charge in [-0.15, -0.1) is 0 Å². The van der Waals surface area contributed by atoms with Crippen LogP contribution in [-0.4, -0.2) is 52.9 Å². The number of carbonyl (C=O) groups excluding carboxylic acids is 2. The standard InChI is InChI=1S/C16H23N5O2/c17-15(23)14-16(19-7-6-18-14)20-9-4-12(5-10-20)11-21-8-2-1-3-13(21)22/h6-7,12H,1-5,8-11H2,(H2,17,23). The smallest absolute Gasteiger partial charge is 0.271 e. The van der Waals surface area contributed by atoms with Crippen molar-refractivity contribution < 1.29 is 9.59 Å². The molecule has 0 radical (unpaired) electrons. The van der Waals surface area contributed by atoms with Gasteiger partial charge < -0.3 is 15.5 Å². The van der Waals surface area contributed by atoms with Gasteiger partial charge in [0.15, 0.2) is 11.5 Å². The Bertz CT molecular complexity index is 584. The second-order valence-electron chi connectivity index (χ2n) is 6.32. The topological polar surface area (TPSA) is 92.4 Å². The number of hydrogen-bond donors (Lipinski definition) is 1. The molecule has 7 nitrogen and oxygen atoms in total. The van der Waals surface area contributed by atoms with Gasteiger partial charge in [-0.25, -0.2) is 9.97 Å². The van der Waals surface area contributed by atoms with Crippen molar-refractivity contribution in [3.05, 3.63) is 18.1 Å². The molecule has 2 aliphatic rings. The molecular weight excluding hydrogens is 294 g/mol. The number of anilines is 1. The number of hydrogen-bond acceptors (Lipinski definition) is 5. The Morgan fingerprint density at radius 1 is 1.17 bits per heavy atom. The summed E-state index contributed by atoms with van der Waals surface area (Å²) in [6.07, 6.45) is 7.87. The lowest BCUT2D eigenvalue weighted by atomic mass is 9.95. The Hall–Kier alpha value is -2.18. The molecule has 0 atom stereocenters. The third-order valence-corrected chi connectivity index (χ3v) is 4.73. The lowest BCUT2D eigenvalue weighted by Gasteiger charge is -2.36. The third-order valence-electron chi connectivity index (χ3n) is 4.73. The van der Waals surface area contributed by atoms with Crippen LogP contribution in [-0.2, 0) is 4.79 Å². The molecule has 2 N–H and O–H groups in total. The second-order valence-corrected chi connectivity index (χ2v) is 6.32. The SMILES string of the molecule is NC(=O)c1nccnc1N1CCC(CN2CCCCC2=O)CC1. The largest absolute Gasteiger partial charge is 0.364 e. The normalized spacial score (nSPS) is 19.9. The number of likely N-dealkylation sites (tertiary alicyclic amines) is 1. The summed E-state index contributed by atoms with van der Waals surface area (Å²) in [6.45, 7) is 3.38. The van der Waals surface area contributed by atoms with Crippen LogP contribution in [0.2, 0.25) is 0 Å². The van der Waals surface area contributed by atoms with Crippen LogP contribution in [0, 0.1) is 5.92 Å². The molecule has 0 aromatic carbocycles. The average Bonchev–Trinajstić information content (AvgIpc) is 2.58. The van der Waals surface area contributed by atoms with E-state index in [1.807, 2.05) is 4.90 Å². The lowest BCUT2D eigenvalue weighted by Crippen LogP contribution is -2.43. The summed E-state index contributed by atoms with van der Waals surface area (Å²) in [4.78, 5) is 35.8. The summed E-state index contributed by atoms with van der Waals surface area (Å²) >= 11 is 0. The molecule has 0 unspecified atom stereocenters. The molecule has 3 heterocycles. The Balaban J connectivity index is 1.58. The fourth-order valence-electron chi connectivity index (χ4n) is 3.43. The number of primary amides is 1. The maximum Gasteiger partial charge on any atom is 0.271 e. The molecule has 7 heteroatoms. The minimum Gasteiger partial charge on any atom is -0.364 e. The molecular formula is C16H23N5O2. The monoisotopic (exact) mass is 317 g/mol. The van der Waals surface area contributed by atoms with Gasteiger partial charge in [-0.2, -0.15) is 0 Å². The number of aromatic nitrogens is 2. The van der Waals surface area contributed by atoms with Crippen molar-refractivity contribution in [1.82, 2.24) is 14.9 Å². The van der Waals surface area contributed by atoms with Crippen molar-refractivity contribution in [2.24, 2.45) is 11.7 Å². The zero-order valence-corrected chi connectivity index (χ0v) is 13.3. The van der Waals surface area contributed by atoms with E-state index >= 15 is 0 Å². The molecule has 2 aliphatic heterocycles. The maximum absolute atomic E-state index is 11.9. The number of carbonyl (C=O) groups is 2. The van der Waals surface area contributed by atoms with E-state index in [-0.39, 0.29) is 5.69 Å². The minimum atomic E-state index is -0.547. The number of nitrogens with two attached hydrogens (primary N) is 1. The molecule has 2 saturated heterocycles. The van der Waals surface area contributed by atoms with Crippen molar-refractivity contribution in [3.63, 3.8) is 0 Å². The van der Waals surface area contributed by atoms with Crippen LogP contribution in [0.15, 0.2) is 12.4 Å². The van der Waals surface area contributed by atoms with Crippen LogP contribution in [0.3, 0.4) is 0 Å². The van der Waals surface area contributed by atoms with Gasteiger partial charge in [0.1, 0.15) is 0 Å². The van der Waals surface area contributed by atoms with Crippen molar-refractivity contribution in [2.75, 3.05) is 31.1 Å². The maximum atomic E-state index is 11.9. The van der Waals surface area contributed by atoms with Crippen molar-refractivity contribution in [1.29, 1.82) is 0 Å². The van der Waals surface area contributed by atoms with Crippen LogP contribution in [0.5, 0.6) is 0 Å². The Morgan fingerprint density at radius 2 is 1.91 bits per heavy atom. The van der Waals surface area contributed by atoms with E-state index in [1.54, 1.807) is 6.20 Å². The summed E-state index contributed by atoms with van der Waals surface area (Å²) < 4.78 is 0. The Kier molecular flexibility index (Phi) is 4.73. The van der Waals surface area contributed by atoms with E-state index in [0.29, 0.717) is 24.1 Å². The highest BCUT2D eigenvalue weighted by Crippen LogP contribution is 2.25. The summed E-state index contributed by atoms with van der Waals surface area (Å²) in [7, 11) is 0.